The Morgan fingerprint density at radius 1 is 0.731 bits per heavy atom. The van der Waals surface area contributed by atoms with Crippen LogP contribution in [0.15, 0.2) is 0 Å². The highest BCUT2D eigenvalue weighted by molar-refractivity contribution is 6.73. The molecule has 0 unspecified atom stereocenters. The first-order valence-corrected chi connectivity index (χ1v) is 14.1. The van der Waals surface area contributed by atoms with Gasteiger partial charge in [-0.15, -0.1) is 0 Å². The summed E-state index contributed by atoms with van der Waals surface area (Å²) in [7, 11) is -1.25. The maximum Gasteiger partial charge on any atom is 0.170 e. The van der Waals surface area contributed by atoms with Gasteiger partial charge < -0.3 is 24.3 Å². The van der Waals surface area contributed by atoms with E-state index in [0.717, 1.165) is 90.5 Å². The molecule has 1 aliphatic heterocycles. The van der Waals surface area contributed by atoms with Crippen molar-refractivity contribution in [1.82, 2.24) is 4.57 Å². The summed E-state index contributed by atoms with van der Waals surface area (Å²) in [4.78, 5) is 0. The van der Waals surface area contributed by atoms with Crippen LogP contribution in [0, 0.1) is 0 Å². The molecule has 0 radical (unpaired) electrons. The Kier molecular flexibility index (Phi) is 12.2. The summed E-state index contributed by atoms with van der Waals surface area (Å²) < 4.78 is 15.3. The molecule has 1 heterocycles. The van der Waals surface area contributed by atoms with Crippen LogP contribution < -0.4 is 0 Å². The van der Waals surface area contributed by atoms with Crippen molar-refractivity contribution in [3.8, 4) is 0 Å². The van der Waals surface area contributed by atoms with Crippen LogP contribution in [0.3, 0.4) is 0 Å². The molecule has 0 bridgehead atoms. The number of rotatable bonds is 15. The average Bonchev–Trinajstić information content (AvgIpc) is 2.61. The van der Waals surface area contributed by atoms with Crippen molar-refractivity contribution in [3.05, 3.63) is 0 Å². The van der Waals surface area contributed by atoms with Crippen LogP contribution >= 0.6 is 0 Å². The number of aliphatic hydroxyl groups excluding tert-OH is 2. The highest BCUT2D eigenvalue weighted by Gasteiger charge is 2.39. The fourth-order valence-electron chi connectivity index (χ4n) is 3.50. The number of hydrogen-bond donors (Lipinski definition) is 2. The van der Waals surface area contributed by atoms with Crippen LogP contribution in [-0.2, 0) is 9.47 Å². The zero-order chi connectivity index (χ0) is 19.3. The maximum absolute atomic E-state index is 8.87. The number of nitrogens with zero attached hydrogens (tertiary/aromatic N) is 1. The first kappa shape index (κ1) is 24.1. The van der Waals surface area contributed by atoms with Crippen LogP contribution in [0.2, 0.25) is 19.6 Å². The van der Waals surface area contributed by atoms with E-state index in [1.54, 1.807) is 0 Å². The van der Waals surface area contributed by atoms with E-state index in [4.69, 9.17) is 19.7 Å². The molecule has 0 aromatic heterocycles. The summed E-state index contributed by atoms with van der Waals surface area (Å²) in [6.45, 7) is 11.5. The Hall–Kier alpha value is 0.0169. The summed E-state index contributed by atoms with van der Waals surface area (Å²) in [5.74, 6) is -0.399. The lowest BCUT2D eigenvalue weighted by molar-refractivity contribution is -0.255. The minimum absolute atomic E-state index is 0.288. The predicted molar refractivity (Wildman–Crippen MR) is 110 cm³/mol. The number of ether oxygens (including phenoxy) is 2. The van der Waals surface area contributed by atoms with Gasteiger partial charge in [-0.1, -0.05) is 45.3 Å². The van der Waals surface area contributed by atoms with Gasteiger partial charge in [0.15, 0.2) is 5.79 Å². The predicted octanol–water partition coefficient (Wildman–Crippen LogP) is 3.75. The second kappa shape index (κ2) is 13.2. The van der Waals surface area contributed by atoms with E-state index >= 15 is 0 Å². The van der Waals surface area contributed by atoms with Crippen LogP contribution in [0.25, 0.3) is 0 Å². The van der Waals surface area contributed by atoms with E-state index in [1.165, 1.54) is 0 Å². The molecule has 1 saturated heterocycles. The second-order valence-electron chi connectivity index (χ2n) is 8.54. The van der Waals surface area contributed by atoms with E-state index in [9.17, 15) is 0 Å². The van der Waals surface area contributed by atoms with E-state index in [0.29, 0.717) is 0 Å². The van der Waals surface area contributed by atoms with Crippen molar-refractivity contribution < 1.29 is 19.7 Å². The lowest BCUT2D eigenvalue weighted by Crippen LogP contribution is -2.55. The Labute approximate surface area is 162 Å². The van der Waals surface area contributed by atoms with Gasteiger partial charge in [-0.05, 0) is 38.8 Å². The molecule has 6 heteroatoms. The van der Waals surface area contributed by atoms with Crippen molar-refractivity contribution in [3.63, 3.8) is 0 Å². The molecule has 0 aliphatic carbocycles. The Morgan fingerprint density at radius 2 is 1.15 bits per heavy atom. The van der Waals surface area contributed by atoms with Gasteiger partial charge in [-0.3, -0.25) is 0 Å². The number of piperidine rings is 1. The molecule has 0 spiro atoms. The molecule has 1 fully saturated rings. The van der Waals surface area contributed by atoms with Gasteiger partial charge in [0.25, 0.3) is 0 Å². The lowest BCUT2D eigenvalue weighted by Gasteiger charge is -2.45. The van der Waals surface area contributed by atoms with Gasteiger partial charge >= 0.3 is 0 Å². The third kappa shape index (κ3) is 9.81. The quantitative estimate of drug-likeness (QED) is 0.254. The Morgan fingerprint density at radius 3 is 1.54 bits per heavy atom. The van der Waals surface area contributed by atoms with Gasteiger partial charge in [-0.25, -0.2) is 0 Å². The third-order valence-electron chi connectivity index (χ3n) is 5.31. The highest BCUT2D eigenvalue weighted by atomic mass is 28.3. The van der Waals surface area contributed by atoms with Gasteiger partial charge in [-0.2, -0.15) is 0 Å². The van der Waals surface area contributed by atoms with Crippen molar-refractivity contribution in [2.75, 3.05) is 39.5 Å². The first-order chi connectivity index (χ1) is 12.4. The van der Waals surface area contributed by atoms with Gasteiger partial charge in [0, 0.05) is 26.1 Å². The maximum atomic E-state index is 8.87. The average molecular weight is 390 g/mol. The van der Waals surface area contributed by atoms with Crippen molar-refractivity contribution in [1.29, 1.82) is 0 Å². The molecule has 26 heavy (non-hydrogen) atoms. The van der Waals surface area contributed by atoms with E-state index in [-0.39, 0.29) is 13.2 Å². The minimum Gasteiger partial charge on any atom is -0.396 e. The normalized spacial score (nSPS) is 18.3. The summed E-state index contributed by atoms with van der Waals surface area (Å²) in [6.07, 6.45) is 10.1. The van der Waals surface area contributed by atoms with Crippen molar-refractivity contribution in [2.24, 2.45) is 0 Å². The number of hydrogen-bond acceptors (Lipinski definition) is 5. The minimum atomic E-state index is -1.25. The SMILES string of the molecule is C[Si](C)(C)N1CCC(OCCCCCCO)(OCCCCCCO)CC1. The molecule has 156 valence electrons. The molecule has 1 rings (SSSR count). The summed E-state index contributed by atoms with van der Waals surface area (Å²) in [5, 5.41) is 17.7. The zero-order valence-electron chi connectivity index (χ0n) is 17.5. The first-order valence-electron chi connectivity index (χ1n) is 10.7. The van der Waals surface area contributed by atoms with Gasteiger partial charge in [0.05, 0.1) is 13.2 Å². The molecule has 5 nitrogen and oxygen atoms in total. The lowest BCUT2D eigenvalue weighted by atomic mass is 10.0. The molecular formula is C20H43NO4Si. The molecule has 0 saturated carbocycles. The molecule has 2 N–H and O–H groups in total. The van der Waals surface area contributed by atoms with E-state index < -0.39 is 14.0 Å². The van der Waals surface area contributed by atoms with Crippen LogP contribution in [-0.4, -0.2) is 68.3 Å². The van der Waals surface area contributed by atoms with Crippen molar-refractivity contribution in [2.45, 2.75) is 89.6 Å². The number of aliphatic hydroxyl groups is 2. The monoisotopic (exact) mass is 389 g/mol. The third-order valence-corrected chi connectivity index (χ3v) is 7.65. The van der Waals surface area contributed by atoms with Crippen molar-refractivity contribution >= 4 is 8.24 Å². The van der Waals surface area contributed by atoms with Gasteiger partial charge in [0.1, 0.15) is 8.24 Å². The molecule has 0 amide bonds. The fraction of sp³-hybridized carbons (Fsp3) is 1.00. The molecule has 0 atom stereocenters. The molecule has 0 aromatic rings. The van der Waals surface area contributed by atoms with E-state index in [2.05, 4.69) is 24.2 Å². The zero-order valence-corrected chi connectivity index (χ0v) is 18.5. The van der Waals surface area contributed by atoms with Crippen LogP contribution in [0.5, 0.6) is 0 Å². The van der Waals surface area contributed by atoms with Crippen LogP contribution in [0.1, 0.15) is 64.2 Å². The summed E-state index contributed by atoms with van der Waals surface area (Å²) >= 11 is 0. The summed E-state index contributed by atoms with van der Waals surface area (Å²) in [5.41, 5.74) is 0. The molecule has 0 aromatic carbocycles. The fourth-order valence-corrected chi connectivity index (χ4v) is 5.07. The van der Waals surface area contributed by atoms with E-state index in [1.807, 2.05) is 0 Å². The molecular weight excluding hydrogens is 346 g/mol. The largest absolute Gasteiger partial charge is 0.396 e. The smallest absolute Gasteiger partial charge is 0.170 e. The van der Waals surface area contributed by atoms with Crippen LogP contribution in [0.4, 0.5) is 0 Å². The molecule has 1 aliphatic rings. The standard InChI is InChI=1S/C20H43NO4Si/c1-26(2,3)21-14-12-20(13-15-21,24-18-10-6-4-8-16-22)25-19-11-7-5-9-17-23/h22-23H,4-19H2,1-3H3. The highest BCUT2D eigenvalue weighted by Crippen LogP contribution is 2.31. The topological polar surface area (TPSA) is 62.2 Å². The van der Waals surface area contributed by atoms with Gasteiger partial charge in [0.2, 0.25) is 0 Å². The second-order valence-corrected chi connectivity index (χ2v) is 13.5. The summed E-state index contributed by atoms with van der Waals surface area (Å²) in [6, 6.07) is 0. The Balaban J connectivity index is 2.40. The number of unbranched alkanes of at least 4 members (excludes halogenated alkanes) is 6. The Bertz CT molecular complexity index is 323.